The Balaban J connectivity index is 1.49. The van der Waals surface area contributed by atoms with Crippen LogP contribution in [0.5, 0.6) is 0 Å². The zero-order chi connectivity index (χ0) is 25.9. The summed E-state index contributed by atoms with van der Waals surface area (Å²) in [5, 5.41) is 29.5. The average Bonchev–Trinajstić information content (AvgIpc) is 3.38. The molecule has 0 aliphatic carbocycles. The summed E-state index contributed by atoms with van der Waals surface area (Å²) in [6.07, 6.45) is 1.72. The Morgan fingerprint density at radius 1 is 1.53 bits per heavy atom. The molecule has 2 aliphatic rings. The second-order valence-electron chi connectivity index (χ2n) is 7.89. The normalized spacial score (nSPS) is 24.4. The van der Waals surface area contributed by atoms with Crippen molar-refractivity contribution in [2.75, 3.05) is 31.7 Å². The third kappa shape index (κ3) is 4.78. The number of aromatic nitrogens is 6. The van der Waals surface area contributed by atoms with Crippen LogP contribution in [0.25, 0.3) is 0 Å². The lowest BCUT2D eigenvalue weighted by atomic mass is 9.82. The summed E-state index contributed by atoms with van der Waals surface area (Å²) < 4.78 is 0. The van der Waals surface area contributed by atoms with Gasteiger partial charge in [0.25, 0.3) is 5.91 Å². The maximum absolute atomic E-state index is 13.0. The Labute approximate surface area is 212 Å². The molecule has 7 N–H and O–H groups in total. The number of nitrogens with zero attached hydrogens (tertiary/aromatic N) is 7. The third-order valence-electron chi connectivity index (χ3n) is 5.72. The van der Waals surface area contributed by atoms with Crippen molar-refractivity contribution < 1.29 is 24.3 Å². The second-order valence-corrected chi connectivity index (χ2v) is 10.2. The van der Waals surface area contributed by atoms with E-state index in [0.717, 1.165) is 11.8 Å². The van der Waals surface area contributed by atoms with Gasteiger partial charge in [0.1, 0.15) is 29.8 Å². The van der Waals surface area contributed by atoms with Crippen LogP contribution in [0.1, 0.15) is 12.2 Å². The number of amides is 2. The van der Waals surface area contributed by atoms with Gasteiger partial charge in [-0.15, -0.1) is 22.0 Å². The molecule has 4 atom stereocenters. The molecule has 4 rings (SSSR count). The van der Waals surface area contributed by atoms with Gasteiger partial charge in [-0.3, -0.25) is 14.4 Å². The zero-order valence-electron chi connectivity index (χ0n) is 18.9. The summed E-state index contributed by atoms with van der Waals surface area (Å²) in [6, 6.07) is 0.553. The van der Waals surface area contributed by atoms with Gasteiger partial charge in [0, 0.05) is 23.7 Å². The van der Waals surface area contributed by atoms with E-state index in [1.165, 1.54) is 36.0 Å². The first-order chi connectivity index (χ1) is 17.3. The quantitative estimate of drug-likeness (QED) is 0.0944. The van der Waals surface area contributed by atoms with Crippen molar-refractivity contribution in [2.45, 2.75) is 28.2 Å². The molecule has 0 aromatic carbocycles. The lowest BCUT2D eigenvalue weighted by molar-refractivity contribution is -0.158. The molecule has 4 heterocycles. The van der Waals surface area contributed by atoms with Gasteiger partial charge < -0.3 is 31.6 Å². The highest BCUT2D eigenvalue weighted by molar-refractivity contribution is 8.01. The number of carbonyl (C=O) groups is 3. The van der Waals surface area contributed by atoms with Crippen molar-refractivity contribution >= 4 is 52.8 Å². The number of nitrogens with one attached hydrogen (secondary N) is 2. The highest BCUT2D eigenvalue weighted by Crippen LogP contribution is 2.48. The number of nitrogen functional groups attached to an aromatic ring is 1. The number of nitrogens with two attached hydrogens (primary N) is 2. The van der Waals surface area contributed by atoms with Crippen LogP contribution in [0.2, 0.25) is 0 Å². The molecule has 0 spiro atoms. The molecule has 16 nitrogen and oxygen atoms in total. The summed E-state index contributed by atoms with van der Waals surface area (Å²) >= 11 is 2.41. The Bertz CT molecular complexity index is 1170. The van der Waals surface area contributed by atoms with Crippen molar-refractivity contribution in [3.8, 4) is 0 Å². The van der Waals surface area contributed by atoms with Gasteiger partial charge in [0.05, 0.1) is 0 Å². The minimum Gasteiger partial charge on any atom is -0.481 e. The number of H-pyrrole nitrogens is 1. The highest BCUT2D eigenvalue weighted by atomic mass is 32.2. The number of tetrazole rings is 1. The van der Waals surface area contributed by atoms with E-state index in [2.05, 4.69) is 41.1 Å². The largest absolute Gasteiger partial charge is 0.481 e. The summed E-state index contributed by atoms with van der Waals surface area (Å²) in [4.78, 5) is 52.6. The molecular weight excluding hydrogens is 514 g/mol. The van der Waals surface area contributed by atoms with Gasteiger partial charge in [-0.05, 0) is 24.2 Å². The van der Waals surface area contributed by atoms with Crippen LogP contribution in [0.15, 0.2) is 22.6 Å². The van der Waals surface area contributed by atoms with Crippen molar-refractivity contribution in [3.05, 3.63) is 18.1 Å². The molecule has 0 bridgehead atoms. The van der Waals surface area contributed by atoms with Crippen LogP contribution in [-0.4, -0.2) is 107 Å². The maximum atomic E-state index is 13.0. The molecule has 2 fully saturated rings. The summed E-state index contributed by atoms with van der Waals surface area (Å²) in [7, 11) is 1.25. The average molecular weight is 538 g/mol. The van der Waals surface area contributed by atoms with Crippen molar-refractivity contribution in [3.63, 3.8) is 0 Å². The maximum Gasteiger partial charge on any atom is 0.313 e. The molecule has 0 radical (unpaired) electrons. The molecule has 2 aromatic heterocycles. The first kappa shape index (κ1) is 25.6. The van der Waals surface area contributed by atoms with Crippen molar-refractivity contribution in [1.82, 2.24) is 40.8 Å². The van der Waals surface area contributed by atoms with Gasteiger partial charge in [-0.2, -0.15) is 5.21 Å². The Morgan fingerprint density at radius 3 is 2.97 bits per heavy atom. The summed E-state index contributed by atoms with van der Waals surface area (Å²) in [5.74, 6) is -1.98. The molecule has 2 aliphatic heterocycles. The van der Waals surface area contributed by atoms with E-state index >= 15 is 0 Å². The molecule has 192 valence electrons. The minimum atomic E-state index is -1.31. The number of carboxylic acid groups (broad SMARTS) is 1. The third-order valence-corrected chi connectivity index (χ3v) is 8.63. The van der Waals surface area contributed by atoms with E-state index in [0.29, 0.717) is 6.42 Å². The number of carbonyl (C=O) groups excluding carboxylic acids is 2. The number of hydrogen-bond acceptors (Lipinski definition) is 14. The van der Waals surface area contributed by atoms with Crippen LogP contribution in [-0.2, 0) is 19.2 Å². The number of oxime groups is 1. The Morgan fingerprint density at radius 2 is 2.33 bits per heavy atom. The number of aromatic amines is 1. The molecular formula is C18H23N11O5S2. The van der Waals surface area contributed by atoms with E-state index < -0.39 is 39.9 Å². The van der Waals surface area contributed by atoms with Crippen molar-refractivity contribution in [2.24, 2.45) is 16.3 Å². The molecule has 3 unspecified atom stereocenters. The fourth-order valence-electron chi connectivity index (χ4n) is 3.96. The predicted octanol–water partition coefficient (Wildman–Crippen LogP) is -2.10. The molecule has 2 saturated heterocycles. The van der Waals surface area contributed by atoms with Crippen LogP contribution in [0.3, 0.4) is 0 Å². The van der Waals surface area contributed by atoms with Crippen LogP contribution in [0, 0.1) is 5.41 Å². The van der Waals surface area contributed by atoms with Gasteiger partial charge in [-0.25, -0.2) is 9.97 Å². The first-order valence-electron chi connectivity index (χ1n) is 10.6. The van der Waals surface area contributed by atoms with Crippen molar-refractivity contribution in [1.29, 1.82) is 0 Å². The number of rotatable bonds is 10. The number of thioether (sulfide) groups is 2. The van der Waals surface area contributed by atoms with Gasteiger partial charge >= 0.3 is 5.97 Å². The zero-order valence-corrected chi connectivity index (χ0v) is 20.5. The predicted molar refractivity (Wildman–Crippen MR) is 127 cm³/mol. The first-order valence-corrected chi connectivity index (χ1v) is 12.5. The van der Waals surface area contributed by atoms with Gasteiger partial charge in [0.15, 0.2) is 5.82 Å². The standard InChI is InChI=1S/C18H23N11O5S2/c1-34-26-10(12-21-5-3-9(20)22-12)13(30)23-11-14(31)29-6-18(16(32)33,7-35-15(11)29)8(2-4-19)36-17-24-27-28-25-17/h3,5,8,11,15H,2,4,6-7,19H2,1H3,(H,23,30)(H,32,33)(H2,20,21,22)(H,24,25,27,28)/t8?,11?,15-,18?/m1/s1. The van der Waals surface area contributed by atoms with Crippen LogP contribution < -0.4 is 16.8 Å². The van der Waals surface area contributed by atoms with Crippen LogP contribution in [0.4, 0.5) is 5.82 Å². The summed E-state index contributed by atoms with van der Waals surface area (Å²) in [5.41, 5.74) is 9.87. The summed E-state index contributed by atoms with van der Waals surface area (Å²) in [6.45, 7) is 0.178. The fraction of sp³-hybridized carbons (Fsp3) is 0.500. The van der Waals surface area contributed by atoms with E-state index in [4.69, 9.17) is 16.3 Å². The number of β-lactam (4-membered cyclic amide) rings is 1. The monoisotopic (exact) mass is 537 g/mol. The lowest BCUT2D eigenvalue weighted by Crippen LogP contribution is -2.75. The molecule has 2 aromatic rings. The number of carboxylic acids is 1. The van der Waals surface area contributed by atoms with E-state index in [1.54, 1.807) is 0 Å². The van der Waals surface area contributed by atoms with E-state index in [9.17, 15) is 19.5 Å². The number of aliphatic carboxylic acids is 1. The molecule has 2 amide bonds. The minimum absolute atomic E-state index is 0.0575. The SMILES string of the molecule is CON=C(C(=O)NC1C(=O)N2CC(C(=O)O)(C(CCN)Sc3nn[nH]n3)CS[C@H]12)c1nccc(N)n1. The molecule has 0 saturated carbocycles. The van der Waals surface area contributed by atoms with Gasteiger partial charge in [-0.1, -0.05) is 16.9 Å². The Kier molecular flexibility index (Phi) is 7.55. The number of anilines is 1. The second kappa shape index (κ2) is 10.6. The Hall–Kier alpha value is -3.51. The molecule has 36 heavy (non-hydrogen) atoms. The smallest absolute Gasteiger partial charge is 0.313 e. The lowest BCUT2D eigenvalue weighted by Gasteiger charge is -2.55. The topological polar surface area (TPSA) is 241 Å². The number of hydrogen-bond donors (Lipinski definition) is 5. The highest BCUT2D eigenvalue weighted by Gasteiger charge is 2.60. The van der Waals surface area contributed by atoms with Crippen LogP contribution >= 0.6 is 23.5 Å². The number of fused-ring (bicyclic) bond motifs is 1. The van der Waals surface area contributed by atoms with E-state index in [-0.39, 0.29) is 41.4 Å². The van der Waals surface area contributed by atoms with Gasteiger partial charge in [0.2, 0.25) is 16.8 Å². The fourth-order valence-corrected chi connectivity index (χ4v) is 6.86. The van der Waals surface area contributed by atoms with E-state index in [1.807, 2.05) is 0 Å². The molecule has 18 heteroatoms.